The van der Waals surface area contributed by atoms with Crippen molar-refractivity contribution in [3.8, 4) is 0 Å². The van der Waals surface area contributed by atoms with E-state index in [1.807, 2.05) is 29.4 Å². The van der Waals surface area contributed by atoms with Crippen LogP contribution in [-0.4, -0.2) is 90.9 Å². The van der Waals surface area contributed by atoms with Crippen molar-refractivity contribution < 1.29 is 23.9 Å². The molecular formula is C31H44N4O5S. The first-order chi connectivity index (χ1) is 19.8. The SMILES string of the molecule is CC[C@H](C)[C@@H](CN(CC(=O)N[C@@H](CCSC)C(=O)OC)Cc1cccc2ccccc12)NC(=O)[C@@H]1CCCN1C=O. The van der Waals surface area contributed by atoms with E-state index in [4.69, 9.17) is 4.74 Å². The zero-order valence-electron chi connectivity index (χ0n) is 24.6. The van der Waals surface area contributed by atoms with E-state index < -0.39 is 18.1 Å². The van der Waals surface area contributed by atoms with Gasteiger partial charge in [0, 0.05) is 25.7 Å². The van der Waals surface area contributed by atoms with Gasteiger partial charge in [-0.3, -0.25) is 19.3 Å². The smallest absolute Gasteiger partial charge is 0.328 e. The highest BCUT2D eigenvalue weighted by atomic mass is 32.2. The molecule has 3 rings (SSSR count). The highest BCUT2D eigenvalue weighted by Gasteiger charge is 2.32. The number of rotatable bonds is 16. The minimum Gasteiger partial charge on any atom is -0.467 e. The van der Waals surface area contributed by atoms with E-state index in [-0.39, 0.29) is 30.3 Å². The number of benzene rings is 2. The molecule has 41 heavy (non-hydrogen) atoms. The zero-order chi connectivity index (χ0) is 29.8. The summed E-state index contributed by atoms with van der Waals surface area (Å²) in [5, 5.41) is 8.29. The Morgan fingerprint density at radius 3 is 2.63 bits per heavy atom. The molecule has 9 nitrogen and oxygen atoms in total. The van der Waals surface area contributed by atoms with Crippen LogP contribution in [0.25, 0.3) is 10.8 Å². The molecule has 0 spiro atoms. The van der Waals surface area contributed by atoms with Gasteiger partial charge in [0.05, 0.1) is 13.7 Å². The van der Waals surface area contributed by atoms with Gasteiger partial charge < -0.3 is 20.3 Å². The first-order valence-electron chi connectivity index (χ1n) is 14.4. The maximum atomic E-state index is 13.3. The van der Waals surface area contributed by atoms with Crippen LogP contribution in [0.3, 0.4) is 0 Å². The van der Waals surface area contributed by atoms with E-state index >= 15 is 0 Å². The van der Waals surface area contributed by atoms with Crippen LogP contribution in [0, 0.1) is 5.92 Å². The Morgan fingerprint density at radius 1 is 1.17 bits per heavy atom. The second kappa shape index (κ2) is 16.4. The van der Waals surface area contributed by atoms with Gasteiger partial charge in [0.2, 0.25) is 18.2 Å². The van der Waals surface area contributed by atoms with Gasteiger partial charge in [-0.1, -0.05) is 62.7 Å². The second-order valence-corrected chi connectivity index (χ2v) is 11.7. The third-order valence-electron chi connectivity index (χ3n) is 7.92. The van der Waals surface area contributed by atoms with Crippen molar-refractivity contribution in [2.24, 2.45) is 5.92 Å². The lowest BCUT2D eigenvalue weighted by atomic mass is 9.97. The third-order valence-corrected chi connectivity index (χ3v) is 8.56. The van der Waals surface area contributed by atoms with Gasteiger partial charge in [0.1, 0.15) is 12.1 Å². The molecule has 1 saturated heterocycles. The first kappa shape index (κ1) is 32.4. The number of nitrogens with one attached hydrogen (secondary N) is 2. The van der Waals surface area contributed by atoms with Gasteiger partial charge in [-0.15, -0.1) is 0 Å². The molecule has 0 saturated carbocycles. The summed E-state index contributed by atoms with van der Waals surface area (Å²) in [5.74, 6) is -0.0568. The number of amides is 3. The maximum Gasteiger partial charge on any atom is 0.328 e. The number of carbonyl (C=O) groups excluding carboxylic acids is 4. The molecule has 0 unspecified atom stereocenters. The number of hydrogen-bond acceptors (Lipinski definition) is 7. The van der Waals surface area contributed by atoms with Crippen LogP contribution in [0.5, 0.6) is 0 Å². The summed E-state index contributed by atoms with van der Waals surface area (Å²) in [6.07, 6.45) is 5.46. The molecule has 2 N–H and O–H groups in total. The summed E-state index contributed by atoms with van der Waals surface area (Å²) < 4.78 is 4.93. The topological polar surface area (TPSA) is 108 Å². The van der Waals surface area contributed by atoms with Gasteiger partial charge in [-0.05, 0) is 53.5 Å². The van der Waals surface area contributed by atoms with Gasteiger partial charge >= 0.3 is 5.97 Å². The largest absolute Gasteiger partial charge is 0.467 e. The molecule has 0 aliphatic carbocycles. The van der Waals surface area contributed by atoms with Gasteiger partial charge in [0.25, 0.3) is 0 Å². The van der Waals surface area contributed by atoms with Crippen LogP contribution in [0.2, 0.25) is 0 Å². The summed E-state index contributed by atoms with van der Waals surface area (Å²) in [4.78, 5) is 54.0. The molecule has 4 atom stereocenters. The van der Waals surface area contributed by atoms with Gasteiger partial charge in [-0.2, -0.15) is 11.8 Å². The van der Waals surface area contributed by atoms with Crippen molar-refractivity contribution in [1.29, 1.82) is 0 Å². The third kappa shape index (κ3) is 9.19. The predicted molar refractivity (Wildman–Crippen MR) is 163 cm³/mol. The van der Waals surface area contributed by atoms with Crippen molar-refractivity contribution in [3.05, 3.63) is 48.0 Å². The summed E-state index contributed by atoms with van der Waals surface area (Å²) in [6.45, 7) is 5.70. The molecule has 1 heterocycles. The zero-order valence-corrected chi connectivity index (χ0v) is 25.5. The van der Waals surface area contributed by atoms with Crippen LogP contribution in [0.4, 0.5) is 0 Å². The summed E-state index contributed by atoms with van der Waals surface area (Å²) in [6, 6.07) is 12.8. The average Bonchev–Trinajstić information content (AvgIpc) is 3.47. The Morgan fingerprint density at radius 2 is 1.93 bits per heavy atom. The fourth-order valence-corrected chi connectivity index (χ4v) is 5.80. The van der Waals surface area contributed by atoms with Crippen molar-refractivity contribution in [3.63, 3.8) is 0 Å². The van der Waals surface area contributed by atoms with Gasteiger partial charge in [-0.25, -0.2) is 4.79 Å². The number of ether oxygens (including phenoxy) is 1. The van der Waals surface area contributed by atoms with E-state index in [0.717, 1.165) is 35.6 Å². The Balaban J connectivity index is 1.85. The first-order valence-corrected chi connectivity index (χ1v) is 15.8. The number of nitrogens with zero attached hydrogens (tertiary/aromatic N) is 2. The lowest BCUT2D eigenvalue weighted by Crippen LogP contribution is -2.53. The number of esters is 1. The number of likely N-dealkylation sites (tertiary alicyclic amines) is 1. The number of carbonyl (C=O) groups is 4. The lowest BCUT2D eigenvalue weighted by molar-refractivity contribution is -0.145. The number of hydrogen-bond donors (Lipinski definition) is 2. The van der Waals surface area contributed by atoms with Crippen LogP contribution in [0.1, 0.15) is 45.1 Å². The molecule has 10 heteroatoms. The fourth-order valence-electron chi connectivity index (χ4n) is 5.33. The molecule has 0 aromatic heterocycles. The Bertz CT molecular complexity index is 1170. The monoisotopic (exact) mass is 584 g/mol. The van der Waals surface area contributed by atoms with E-state index in [2.05, 4.69) is 48.7 Å². The normalized spacial score (nSPS) is 17.2. The summed E-state index contributed by atoms with van der Waals surface area (Å²) in [5.41, 5.74) is 1.07. The predicted octanol–water partition coefficient (Wildman–Crippen LogP) is 3.20. The van der Waals surface area contributed by atoms with Crippen molar-refractivity contribution in [2.75, 3.05) is 38.8 Å². The van der Waals surface area contributed by atoms with Crippen molar-refractivity contribution >= 4 is 46.7 Å². The highest BCUT2D eigenvalue weighted by molar-refractivity contribution is 7.98. The van der Waals surface area contributed by atoms with E-state index in [0.29, 0.717) is 38.2 Å². The van der Waals surface area contributed by atoms with E-state index in [1.54, 1.807) is 16.7 Å². The Labute approximate surface area is 247 Å². The van der Waals surface area contributed by atoms with Crippen molar-refractivity contribution in [2.45, 2.75) is 64.2 Å². The molecule has 2 aromatic rings. The lowest BCUT2D eigenvalue weighted by Gasteiger charge is -2.33. The van der Waals surface area contributed by atoms with Crippen LogP contribution >= 0.6 is 11.8 Å². The molecule has 0 bridgehead atoms. The van der Waals surface area contributed by atoms with Gasteiger partial charge in [0.15, 0.2) is 0 Å². The molecular weight excluding hydrogens is 540 g/mol. The number of fused-ring (bicyclic) bond motifs is 1. The van der Waals surface area contributed by atoms with E-state index in [9.17, 15) is 19.2 Å². The average molecular weight is 585 g/mol. The van der Waals surface area contributed by atoms with Crippen LogP contribution < -0.4 is 10.6 Å². The molecule has 224 valence electrons. The Hall–Kier alpha value is -3.11. The molecule has 1 aliphatic rings. The Kier molecular flexibility index (Phi) is 12.9. The summed E-state index contributed by atoms with van der Waals surface area (Å²) in [7, 11) is 1.32. The molecule has 2 aromatic carbocycles. The van der Waals surface area contributed by atoms with Crippen molar-refractivity contribution in [1.82, 2.24) is 20.4 Å². The molecule has 1 aliphatic heterocycles. The van der Waals surface area contributed by atoms with E-state index in [1.165, 1.54) is 7.11 Å². The minimum atomic E-state index is -0.721. The molecule has 0 radical (unpaired) electrons. The fraction of sp³-hybridized carbons (Fsp3) is 0.548. The molecule has 1 fully saturated rings. The summed E-state index contributed by atoms with van der Waals surface area (Å²) >= 11 is 1.60. The second-order valence-electron chi connectivity index (χ2n) is 10.7. The number of methoxy groups -OCH3 is 1. The van der Waals surface area contributed by atoms with Crippen LogP contribution in [-0.2, 0) is 30.5 Å². The maximum absolute atomic E-state index is 13.3. The highest BCUT2D eigenvalue weighted by Crippen LogP contribution is 2.22. The molecule has 3 amide bonds. The number of thioether (sulfide) groups is 1. The standard InChI is InChI=1S/C31H44N4O5S/c1-5-22(2)27(33-30(38)28-14-9-16-35(28)21-36)19-34(18-24-12-8-11-23-10-6-7-13-25(23)24)20-29(37)32-26(15-17-41-4)31(39)40-3/h6-8,10-13,21-22,26-28H,5,9,14-20H2,1-4H3,(H,32,37)(H,33,38)/t22-,26-,27+,28-/m0/s1. The van der Waals surface area contributed by atoms with Crippen LogP contribution in [0.15, 0.2) is 42.5 Å². The quantitative estimate of drug-likeness (QED) is 0.231. The minimum absolute atomic E-state index is 0.0443.